The Kier molecular flexibility index (Phi) is 4.80. The largest absolute Gasteiger partial charge is 0.331 e. The molecule has 1 heterocycles. The van der Waals surface area contributed by atoms with Gasteiger partial charge in [-0.15, -0.1) is 0 Å². The average Bonchev–Trinajstić information content (AvgIpc) is 2.59. The van der Waals surface area contributed by atoms with Gasteiger partial charge in [-0.05, 0) is 86.5 Å². The standard InChI is InChI=1S/C13H18IN3S/c1-16(2)7-3-4-8-17-12-6-5-10(14)9-11(12)15-13(17)18/h5-6,9H,3-4,7-8H2,1-2H3,(H,15,18). The number of hydrogen-bond acceptors (Lipinski definition) is 2. The lowest BCUT2D eigenvalue weighted by atomic mass is 10.3. The third-order valence-electron chi connectivity index (χ3n) is 2.97. The highest BCUT2D eigenvalue weighted by atomic mass is 127. The highest BCUT2D eigenvalue weighted by molar-refractivity contribution is 14.1. The van der Waals surface area contributed by atoms with E-state index in [1.54, 1.807) is 0 Å². The predicted molar refractivity (Wildman–Crippen MR) is 87.6 cm³/mol. The van der Waals surface area contributed by atoms with Gasteiger partial charge in [-0.1, -0.05) is 0 Å². The molecule has 0 aliphatic heterocycles. The maximum atomic E-state index is 5.39. The Labute approximate surface area is 126 Å². The van der Waals surface area contributed by atoms with Crippen molar-refractivity contribution < 1.29 is 0 Å². The number of aromatic nitrogens is 2. The Morgan fingerprint density at radius 1 is 1.33 bits per heavy atom. The number of benzene rings is 1. The van der Waals surface area contributed by atoms with Crippen LogP contribution in [0.5, 0.6) is 0 Å². The van der Waals surface area contributed by atoms with Crippen LogP contribution in [0.2, 0.25) is 0 Å². The lowest BCUT2D eigenvalue weighted by molar-refractivity contribution is 0.388. The van der Waals surface area contributed by atoms with Crippen LogP contribution >= 0.6 is 34.8 Å². The predicted octanol–water partition coefficient (Wildman–Crippen LogP) is 3.65. The Morgan fingerprint density at radius 3 is 2.83 bits per heavy atom. The normalized spacial score (nSPS) is 11.6. The Bertz CT molecular complexity index is 585. The van der Waals surface area contributed by atoms with Crippen LogP contribution in [-0.4, -0.2) is 35.1 Å². The smallest absolute Gasteiger partial charge is 0.178 e. The van der Waals surface area contributed by atoms with Crippen molar-refractivity contribution in [2.75, 3.05) is 20.6 Å². The molecule has 18 heavy (non-hydrogen) atoms. The first kappa shape index (κ1) is 14.0. The zero-order valence-corrected chi connectivity index (χ0v) is 13.7. The maximum Gasteiger partial charge on any atom is 0.178 e. The molecule has 98 valence electrons. The minimum Gasteiger partial charge on any atom is -0.331 e. The van der Waals surface area contributed by atoms with Crippen molar-refractivity contribution in [2.45, 2.75) is 19.4 Å². The number of rotatable bonds is 5. The topological polar surface area (TPSA) is 24.0 Å². The van der Waals surface area contributed by atoms with Crippen molar-refractivity contribution in [3.05, 3.63) is 26.5 Å². The first-order valence-corrected chi connectivity index (χ1v) is 7.59. The first-order valence-electron chi connectivity index (χ1n) is 6.11. The molecule has 0 radical (unpaired) electrons. The lowest BCUT2D eigenvalue weighted by Crippen LogP contribution is -2.13. The summed E-state index contributed by atoms with van der Waals surface area (Å²) in [6.45, 7) is 2.13. The van der Waals surface area contributed by atoms with Crippen LogP contribution in [-0.2, 0) is 6.54 Å². The summed E-state index contributed by atoms with van der Waals surface area (Å²) in [5.41, 5.74) is 2.35. The number of hydrogen-bond donors (Lipinski definition) is 1. The minimum absolute atomic E-state index is 0.830. The van der Waals surface area contributed by atoms with Gasteiger partial charge in [0.1, 0.15) is 0 Å². The van der Waals surface area contributed by atoms with Crippen molar-refractivity contribution in [1.82, 2.24) is 14.5 Å². The van der Waals surface area contributed by atoms with Gasteiger partial charge in [0.2, 0.25) is 0 Å². The highest BCUT2D eigenvalue weighted by Gasteiger charge is 2.04. The summed E-state index contributed by atoms with van der Waals surface area (Å²) >= 11 is 7.71. The molecule has 1 aromatic carbocycles. The van der Waals surface area contributed by atoms with E-state index in [-0.39, 0.29) is 0 Å². The van der Waals surface area contributed by atoms with Gasteiger partial charge in [-0.2, -0.15) is 0 Å². The van der Waals surface area contributed by atoms with E-state index in [9.17, 15) is 0 Å². The van der Waals surface area contributed by atoms with E-state index in [0.717, 1.165) is 29.8 Å². The molecule has 2 aromatic rings. The van der Waals surface area contributed by atoms with E-state index in [0.29, 0.717) is 0 Å². The molecule has 0 fully saturated rings. The number of fused-ring (bicyclic) bond motifs is 1. The molecular formula is C13H18IN3S. The summed E-state index contributed by atoms with van der Waals surface area (Å²) in [7, 11) is 4.22. The van der Waals surface area contributed by atoms with Gasteiger partial charge in [0.25, 0.3) is 0 Å². The minimum atomic E-state index is 0.830. The third kappa shape index (κ3) is 3.33. The second-order valence-electron chi connectivity index (χ2n) is 4.75. The van der Waals surface area contributed by atoms with Crippen LogP contribution in [0.1, 0.15) is 12.8 Å². The van der Waals surface area contributed by atoms with E-state index in [1.807, 2.05) is 0 Å². The van der Waals surface area contributed by atoms with E-state index >= 15 is 0 Å². The molecule has 2 rings (SSSR count). The zero-order valence-electron chi connectivity index (χ0n) is 10.7. The van der Waals surface area contributed by atoms with Crippen molar-refractivity contribution in [1.29, 1.82) is 0 Å². The molecule has 1 aromatic heterocycles. The number of nitrogens with one attached hydrogen (secondary N) is 1. The van der Waals surface area contributed by atoms with E-state index < -0.39 is 0 Å². The van der Waals surface area contributed by atoms with Crippen LogP contribution in [0, 0.1) is 8.34 Å². The number of unbranched alkanes of at least 4 members (excludes halogenated alkanes) is 1. The quantitative estimate of drug-likeness (QED) is 0.490. The number of aryl methyl sites for hydroxylation is 1. The van der Waals surface area contributed by atoms with Gasteiger partial charge >= 0.3 is 0 Å². The highest BCUT2D eigenvalue weighted by Crippen LogP contribution is 2.18. The van der Waals surface area contributed by atoms with Gasteiger partial charge in [0, 0.05) is 10.1 Å². The van der Waals surface area contributed by atoms with E-state index in [4.69, 9.17) is 12.2 Å². The molecule has 0 spiro atoms. The Balaban J connectivity index is 2.13. The van der Waals surface area contributed by atoms with Crippen molar-refractivity contribution in [2.24, 2.45) is 0 Å². The van der Waals surface area contributed by atoms with Crippen LogP contribution in [0.25, 0.3) is 11.0 Å². The van der Waals surface area contributed by atoms with E-state index in [1.165, 1.54) is 15.5 Å². The van der Waals surface area contributed by atoms with Gasteiger partial charge in [0.15, 0.2) is 4.77 Å². The molecule has 1 N–H and O–H groups in total. The number of nitrogens with zero attached hydrogens (tertiary/aromatic N) is 2. The zero-order chi connectivity index (χ0) is 13.1. The fourth-order valence-corrected chi connectivity index (χ4v) is 2.85. The summed E-state index contributed by atoms with van der Waals surface area (Å²) in [5.74, 6) is 0. The molecule has 0 saturated heterocycles. The fourth-order valence-electron chi connectivity index (χ4n) is 2.06. The van der Waals surface area contributed by atoms with Crippen LogP contribution in [0.3, 0.4) is 0 Å². The monoisotopic (exact) mass is 375 g/mol. The van der Waals surface area contributed by atoms with Crippen LogP contribution in [0.4, 0.5) is 0 Å². The molecule has 0 saturated carbocycles. The van der Waals surface area contributed by atoms with E-state index in [2.05, 4.69) is 69.3 Å². The molecule has 3 nitrogen and oxygen atoms in total. The lowest BCUT2D eigenvalue weighted by Gasteiger charge is -2.09. The number of H-pyrrole nitrogens is 1. The Hall–Kier alpha value is -0.400. The van der Waals surface area contributed by atoms with Gasteiger partial charge in [-0.3, -0.25) is 0 Å². The van der Waals surface area contributed by atoms with Crippen LogP contribution in [0.15, 0.2) is 18.2 Å². The van der Waals surface area contributed by atoms with Crippen molar-refractivity contribution >= 4 is 45.8 Å². The summed E-state index contributed by atoms with van der Waals surface area (Å²) in [6.07, 6.45) is 2.36. The van der Waals surface area contributed by atoms with Crippen LogP contribution < -0.4 is 0 Å². The Morgan fingerprint density at radius 2 is 2.11 bits per heavy atom. The van der Waals surface area contributed by atoms with Crippen molar-refractivity contribution in [3.63, 3.8) is 0 Å². The number of halogens is 1. The number of aromatic amines is 1. The van der Waals surface area contributed by atoms with Gasteiger partial charge in [0.05, 0.1) is 11.0 Å². The van der Waals surface area contributed by atoms with Gasteiger partial charge < -0.3 is 14.5 Å². The third-order valence-corrected chi connectivity index (χ3v) is 3.97. The summed E-state index contributed by atoms with van der Waals surface area (Å²) < 4.78 is 4.27. The molecule has 5 heteroatoms. The van der Waals surface area contributed by atoms with Crippen molar-refractivity contribution in [3.8, 4) is 0 Å². The molecule has 0 atom stereocenters. The fraction of sp³-hybridized carbons (Fsp3) is 0.462. The van der Waals surface area contributed by atoms with Gasteiger partial charge in [-0.25, -0.2) is 0 Å². The molecule has 0 aliphatic carbocycles. The molecule has 0 amide bonds. The SMILES string of the molecule is CN(C)CCCCn1c(=S)[nH]c2cc(I)ccc21. The first-order chi connectivity index (χ1) is 8.58. The maximum absolute atomic E-state index is 5.39. The summed E-state index contributed by atoms with van der Waals surface area (Å²) in [4.78, 5) is 5.50. The number of imidazole rings is 1. The summed E-state index contributed by atoms with van der Waals surface area (Å²) in [6, 6.07) is 6.42. The molecule has 0 aliphatic rings. The second kappa shape index (κ2) is 6.16. The molecular weight excluding hydrogens is 357 g/mol. The summed E-state index contributed by atoms with van der Waals surface area (Å²) in [5, 5.41) is 0. The molecule has 0 bridgehead atoms. The average molecular weight is 375 g/mol. The molecule has 0 unspecified atom stereocenters. The second-order valence-corrected chi connectivity index (χ2v) is 6.39.